The number of anilines is 1. The molecule has 0 N–H and O–H groups in total. The fourth-order valence-electron chi connectivity index (χ4n) is 2.78. The van der Waals surface area contributed by atoms with Gasteiger partial charge in [-0.25, -0.2) is 4.79 Å². The average Bonchev–Trinajstić information content (AvgIpc) is 2.70. The van der Waals surface area contributed by atoms with Gasteiger partial charge in [0.25, 0.3) is 5.91 Å². The topological polar surface area (TPSA) is 79.4 Å². The Morgan fingerprint density at radius 3 is 2.03 bits per heavy atom. The number of carbonyl (C=O) groups excluding carboxylic acids is 3. The van der Waals surface area contributed by atoms with Crippen molar-refractivity contribution in [1.82, 2.24) is 9.80 Å². The van der Waals surface area contributed by atoms with Gasteiger partial charge in [0.05, 0.1) is 13.0 Å². The fraction of sp³-hybridized carbons (Fsp3) is 0.609. The second kappa shape index (κ2) is 12.2. The Morgan fingerprint density at radius 2 is 1.48 bits per heavy atom. The second-order valence-electron chi connectivity index (χ2n) is 8.51. The highest BCUT2D eigenvalue weighted by Crippen LogP contribution is 2.16. The first-order valence-electron chi connectivity index (χ1n) is 10.6. The minimum Gasteiger partial charge on any atom is -0.466 e. The molecule has 0 saturated heterocycles. The second-order valence-corrected chi connectivity index (χ2v) is 8.51. The van der Waals surface area contributed by atoms with E-state index < -0.39 is 5.60 Å². The van der Waals surface area contributed by atoms with Crippen LogP contribution in [0, 0.1) is 0 Å². The summed E-state index contributed by atoms with van der Waals surface area (Å²) in [6.45, 7) is 9.21. The van der Waals surface area contributed by atoms with Crippen molar-refractivity contribution in [3.05, 3.63) is 29.8 Å². The third-order valence-corrected chi connectivity index (χ3v) is 4.55. The van der Waals surface area contributed by atoms with Crippen molar-refractivity contribution in [2.24, 2.45) is 0 Å². The summed E-state index contributed by atoms with van der Waals surface area (Å²) in [6, 6.07) is 7.29. The Morgan fingerprint density at radius 1 is 0.903 bits per heavy atom. The average molecular weight is 436 g/mol. The predicted octanol–water partition coefficient (Wildman–Crippen LogP) is 3.41. The van der Waals surface area contributed by atoms with Crippen LogP contribution >= 0.6 is 0 Å². The summed E-state index contributed by atoms with van der Waals surface area (Å²) in [6.07, 6.45) is 0.585. The van der Waals surface area contributed by atoms with Crippen LogP contribution < -0.4 is 4.90 Å². The summed E-state index contributed by atoms with van der Waals surface area (Å²) in [4.78, 5) is 41.2. The molecule has 0 atom stereocenters. The van der Waals surface area contributed by atoms with Crippen molar-refractivity contribution in [3.63, 3.8) is 0 Å². The summed E-state index contributed by atoms with van der Waals surface area (Å²) >= 11 is 0. The van der Waals surface area contributed by atoms with E-state index in [1.54, 1.807) is 38.1 Å². The normalized spacial score (nSPS) is 10.9. The Kier molecular flexibility index (Phi) is 10.3. The van der Waals surface area contributed by atoms with Gasteiger partial charge >= 0.3 is 12.1 Å². The van der Waals surface area contributed by atoms with Crippen molar-refractivity contribution >= 4 is 23.7 Å². The number of rotatable bonds is 10. The Labute approximate surface area is 186 Å². The van der Waals surface area contributed by atoms with Crippen molar-refractivity contribution in [1.29, 1.82) is 0 Å². The van der Waals surface area contributed by atoms with Gasteiger partial charge in [-0.1, -0.05) is 0 Å². The van der Waals surface area contributed by atoms with Gasteiger partial charge in [0.2, 0.25) is 0 Å². The Bertz CT molecular complexity index is 728. The number of ether oxygens (including phenoxy) is 2. The lowest BCUT2D eigenvalue weighted by molar-refractivity contribution is -0.142. The largest absolute Gasteiger partial charge is 0.466 e. The highest BCUT2D eigenvalue weighted by molar-refractivity contribution is 5.94. The highest BCUT2D eigenvalue weighted by atomic mass is 16.6. The van der Waals surface area contributed by atoms with Crippen LogP contribution in [0.25, 0.3) is 0 Å². The summed E-state index contributed by atoms with van der Waals surface area (Å²) < 4.78 is 10.3. The smallest absolute Gasteiger partial charge is 0.410 e. The van der Waals surface area contributed by atoms with E-state index in [1.807, 2.05) is 44.9 Å². The molecule has 0 heterocycles. The maximum Gasteiger partial charge on any atom is 0.410 e. The highest BCUT2D eigenvalue weighted by Gasteiger charge is 2.19. The van der Waals surface area contributed by atoms with Gasteiger partial charge in [-0.05, 0) is 58.4 Å². The molecule has 31 heavy (non-hydrogen) atoms. The van der Waals surface area contributed by atoms with Gasteiger partial charge in [0.15, 0.2) is 0 Å². The summed E-state index contributed by atoms with van der Waals surface area (Å²) in [5.41, 5.74) is 0.977. The molecule has 0 spiro atoms. The standard InChI is InChI=1S/C23H37N3O5/c1-8-30-20(27)14-17-24(5)19-12-10-18(11-13-19)21(28)25(6)15-9-16-26(7)22(29)31-23(2,3)4/h10-13H,8-9,14-17H2,1-7H3. The number of hydrogen-bond acceptors (Lipinski definition) is 6. The summed E-state index contributed by atoms with van der Waals surface area (Å²) in [5.74, 6) is -0.305. The van der Waals surface area contributed by atoms with E-state index in [4.69, 9.17) is 9.47 Å². The SMILES string of the molecule is CCOC(=O)CCN(C)c1ccc(C(=O)N(C)CCCN(C)C(=O)OC(C)(C)C)cc1. The van der Waals surface area contributed by atoms with Crippen LogP contribution in [0.5, 0.6) is 0 Å². The molecule has 0 aliphatic rings. The lowest BCUT2D eigenvalue weighted by atomic mass is 10.1. The van der Waals surface area contributed by atoms with Crippen molar-refractivity contribution in [2.45, 2.75) is 46.1 Å². The maximum atomic E-state index is 12.7. The zero-order valence-corrected chi connectivity index (χ0v) is 19.9. The van der Waals surface area contributed by atoms with E-state index >= 15 is 0 Å². The van der Waals surface area contributed by atoms with Gasteiger partial charge in [0.1, 0.15) is 5.60 Å². The van der Waals surface area contributed by atoms with Crippen LogP contribution in [-0.2, 0) is 14.3 Å². The molecule has 1 aromatic rings. The fourth-order valence-corrected chi connectivity index (χ4v) is 2.78. The Hall–Kier alpha value is -2.77. The predicted molar refractivity (Wildman–Crippen MR) is 121 cm³/mol. The molecule has 0 radical (unpaired) electrons. The minimum atomic E-state index is -0.531. The van der Waals surface area contributed by atoms with Crippen LogP contribution in [0.1, 0.15) is 50.9 Å². The van der Waals surface area contributed by atoms with Crippen LogP contribution in [0.3, 0.4) is 0 Å². The summed E-state index contributed by atoms with van der Waals surface area (Å²) in [7, 11) is 5.32. The Balaban J connectivity index is 2.50. The molecule has 1 rings (SSSR count). The van der Waals surface area contributed by atoms with E-state index in [0.717, 1.165) is 5.69 Å². The molecule has 0 aliphatic carbocycles. The molecule has 8 heteroatoms. The molecule has 0 saturated carbocycles. The molecule has 0 fully saturated rings. The van der Waals surface area contributed by atoms with E-state index in [9.17, 15) is 14.4 Å². The third-order valence-electron chi connectivity index (χ3n) is 4.55. The number of carbonyl (C=O) groups is 3. The monoisotopic (exact) mass is 435 g/mol. The molecule has 0 bridgehead atoms. The third kappa shape index (κ3) is 9.72. The van der Waals surface area contributed by atoms with E-state index in [-0.39, 0.29) is 18.0 Å². The number of nitrogens with zero attached hydrogens (tertiary/aromatic N) is 3. The lowest BCUT2D eigenvalue weighted by Gasteiger charge is -2.25. The van der Waals surface area contributed by atoms with Gasteiger partial charge in [-0.15, -0.1) is 0 Å². The first kappa shape index (κ1) is 26.3. The zero-order valence-electron chi connectivity index (χ0n) is 19.9. The molecule has 0 unspecified atom stereocenters. The molecule has 0 aromatic heterocycles. The molecular formula is C23H37N3O5. The van der Waals surface area contributed by atoms with Gasteiger partial charge < -0.3 is 24.2 Å². The van der Waals surface area contributed by atoms with Crippen molar-refractivity contribution in [2.75, 3.05) is 52.3 Å². The lowest BCUT2D eigenvalue weighted by Crippen LogP contribution is -2.36. The van der Waals surface area contributed by atoms with Gasteiger partial charge in [-0.2, -0.15) is 0 Å². The molecule has 174 valence electrons. The van der Waals surface area contributed by atoms with Crippen LogP contribution in [0.4, 0.5) is 10.5 Å². The number of benzene rings is 1. The van der Waals surface area contributed by atoms with Crippen LogP contribution in [0.2, 0.25) is 0 Å². The number of hydrogen-bond donors (Lipinski definition) is 0. The number of amides is 2. The van der Waals surface area contributed by atoms with E-state index in [0.29, 0.717) is 44.6 Å². The first-order valence-corrected chi connectivity index (χ1v) is 10.6. The van der Waals surface area contributed by atoms with Gasteiger partial charge in [-0.3, -0.25) is 9.59 Å². The van der Waals surface area contributed by atoms with Crippen LogP contribution in [-0.4, -0.2) is 80.8 Å². The quantitative estimate of drug-likeness (QED) is 0.524. The van der Waals surface area contributed by atoms with E-state index in [1.165, 1.54) is 4.90 Å². The number of esters is 1. The zero-order chi connectivity index (χ0) is 23.6. The molecule has 0 aliphatic heterocycles. The molecule has 8 nitrogen and oxygen atoms in total. The minimum absolute atomic E-state index is 0.0827. The maximum absolute atomic E-state index is 12.7. The summed E-state index contributed by atoms with van der Waals surface area (Å²) in [5, 5.41) is 0. The molecule has 1 aromatic carbocycles. The van der Waals surface area contributed by atoms with Gasteiger partial charge in [0, 0.05) is 52.0 Å². The van der Waals surface area contributed by atoms with Crippen molar-refractivity contribution < 1.29 is 23.9 Å². The first-order chi connectivity index (χ1) is 14.4. The van der Waals surface area contributed by atoms with Crippen LogP contribution in [0.15, 0.2) is 24.3 Å². The van der Waals surface area contributed by atoms with E-state index in [2.05, 4.69) is 0 Å². The molecule has 2 amide bonds. The molecular weight excluding hydrogens is 398 g/mol. The van der Waals surface area contributed by atoms with Crippen molar-refractivity contribution in [3.8, 4) is 0 Å².